The topological polar surface area (TPSA) is 58.9 Å². The van der Waals surface area contributed by atoms with Gasteiger partial charge < -0.3 is 19.7 Å². The number of benzene rings is 5. The zero-order chi connectivity index (χ0) is 26.7. The van der Waals surface area contributed by atoms with Gasteiger partial charge in [0.1, 0.15) is 23.4 Å². The van der Waals surface area contributed by atoms with Crippen molar-refractivity contribution in [2.75, 3.05) is 0 Å². The van der Waals surface area contributed by atoms with Gasteiger partial charge in [-0.05, 0) is 22.3 Å². The van der Waals surface area contributed by atoms with E-state index in [2.05, 4.69) is 0 Å². The van der Waals surface area contributed by atoms with Crippen molar-refractivity contribution in [2.45, 2.75) is 29.7 Å². The number of hydrogen-bond acceptors (Lipinski definition) is 4. The minimum atomic E-state index is -1.64. The van der Waals surface area contributed by atoms with Crippen molar-refractivity contribution < 1.29 is 19.7 Å². The molecule has 0 amide bonds. The first-order valence-corrected chi connectivity index (χ1v) is 13.1. The molecule has 2 atom stereocenters. The maximum atomic E-state index is 12.8. The van der Waals surface area contributed by atoms with Gasteiger partial charge in [-0.15, -0.1) is 0 Å². The van der Waals surface area contributed by atoms with Crippen LogP contribution in [0.25, 0.3) is 0 Å². The highest BCUT2D eigenvalue weighted by atomic mass is 16.7. The molecular formula is C35H30O4. The second-order valence-corrected chi connectivity index (χ2v) is 9.85. The first-order valence-electron chi connectivity index (χ1n) is 13.1. The Morgan fingerprint density at radius 1 is 0.385 bits per heavy atom. The van der Waals surface area contributed by atoms with Gasteiger partial charge in [0.05, 0.1) is 0 Å². The summed E-state index contributed by atoms with van der Waals surface area (Å²) in [6.07, 6.45) is -2.78. The van der Waals surface area contributed by atoms with Crippen molar-refractivity contribution in [3.05, 3.63) is 179 Å². The largest absolute Gasteiger partial charge is 0.378 e. The summed E-state index contributed by atoms with van der Waals surface area (Å²) < 4.78 is 13.4. The van der Waals surface area contributed by atoms with Crippen LogP contribution in [0, 0.1) is 0 Å². The molecule has 2 N–H and O–H groups in total. The molecule has 4 nitrogen and oxygen atoms in total. The quantitative estimate of drug-likeness (QED) is 0.266. The van der Waals surface area contributed by atoms with E-state index in [1.807, 2.05) is 152 Å². The second-order valence-electron chi connectivity index (χ2n) is 9.85. The standard InChI is InChI=1S/C35H30O4/c36-34(27-18-8-2-9-19-27,28-20-10-3-11-21-28)31-32(39-33(38-31)26-16-6-1-7-17-26)35(37,29-22-12-4-13-23-29)30-24-14-5-15-25-30/h1-25,31-33,36-37H/t31-,32-/m1/s1. The molecule has 1 aliphatic rings. The molecular weight excluding hydrogens is 484 g/mol. The average molecular weight is 515 g/mol. The summed E-state index contributed by atoms with van der Waals surface area (Å²) in [6.45, 7) is 0. The lowest BCUT2D eigenvalue weighted by atomic mass is 9.72. The van der Waals surface area contributed by atoms with Gasteiger partial charge in [0.25, 0.3) is 0 Å². The van der Waals surface area contributed by atoms with E-state index in [1.165, 1.54) is 0 Å². The minimum absolute atomic E-state index is 0.645. The lowest BCUT2D eigenvalue weighted by Crippen LogP contribution is -2.54. The summed E-state index contributed by atoms with van der Waals surface area (Å²) in [4.78, 5) is 0. The van der Waals surface area contributed by atoms with Gasteiger partial charge in [0.15, 0.2) is 6.29 Å². The monoisotopic (exact) mass is 514 g/mol. The Morgan fingerprint density at radius 3 is 0.923 bits per heavy atom. The fourth-order valence-corrected chi connectivity index (χ4v) is 5.60. The summed E-state index contributed by atoms with van der Waals surface area (Å²) in [6, 6.07) is 47.5. The van der Waals surface area contributed by atoms with Gasteiger partial charge in [-0.3, -0.25) is 0 Å². The zero-order valence-electron chi connectivity index (χ0n) is 21.4. The van der Waals surface area contributed by atoms with Crippen LogP contribution >= 0.6 is 0 Å². The first kappa shape index (κ1) is 25.2. The maximum Gasteiger partial charge on any atom is 0.185 e. The second kappa shape index (κ2) is 10.6. The Bertz CT molecular complexity index is 1300. The molecule has 1 saturated heterocycles. The molecule has 0 radical (unpaired) electrons. The Kier molecular flexibility index (Phi) is 6.86. The predicted octanol–water partition coefficient (Wildman–Crippen LogP) is 6.34. The van der Waals surface area contributed by atoms with E-state index in [9.17, 15) is 10.2 Å². The van der Waals surface area contributed by atoms with Crippen molar-refractivity contribution >= 4 is 0 Å². The van der Waals surface area contributed by atoms with Crippen molar-refractivity contribution in [2.24, 2.45) is 0 Å². The smallest absolute Gasteiger partial charge is 0.185 e. The summed E-state index contributed by atoms with van der Waals surface area (Å²) in [5.41, 5.74) is 0.0950. The van der Waals surface area contributed by atoms with Crippen molar-refractivity contribution in [1.82, 2.24) is 0 Å². The molecule has 1 heterocycles. The Balaban J connectivity index is 1.59. The van der Waals surface area contributed by atoms with Crippen LogP contribution in [0.2, 0.25) is 0 Å². The fraction of sp³-hybridized carbons (Fsp3) is 0.143. The SMILES string of the molecule is OC(c1ccccc1)(c1ccccc1)[C@@H]1OC(c2ccccc2)O[C@H]1C(O)(c1ccccc1)c1ccccc1. The van der Waals surface area contributed by atoms with Crippen LogP contribution in [0.3, 0.4) is 0 Å². The molecule has 5 aromatic carbocycles. The van der Waals surface area contributed by atoms with Crippen LogP contribution in [0.5, 0.6) is 0 Å². The van der Waals surface area contributed by atoms with Crippen LogP contribution < -0.4 is 0 Å². The van der Waals surface area contributed by atoms with E-state index in [0.29, 0.717) is 22.3 Å². The van der Waals surface area contributed by atoms with Gasteiger partial charge in [0.2, 0.25) is 0 Å². The minimum Gasteiger partial charge on any atom is -0.378 e. The highest BCUT2D eigenvalue weighted by Gasteiger charge is 2.59. The van der Waals surface area contributed by atoms with Gasteiger partial charge in [0, 0.05) is 5.56 Å². The third-order valence-electron chi connectivity index (χ3n) is 7.57. The van der Waals surface area contributed by atoms with Crippen molar-refractivity contribution in [3.8, 4) is 0 Å². The van der Waals surface area contributed by atoms with Crippen LogP contribution in [-0.4, -0.2) is 22.4 Å². The van der Waals surface area contributed by atoms with E-state index in [-0.39, 0.29) is 0 Å². The first-order chi connectivity index (χ1) is 19.1. The van der Waals surface area contributed by atoms with Gasteiger partial charge in [-0.1, -0.05) is 152 Å². The summed E-state index contributed by atoms with van der Waals surface area (Å²) >= 11 is 0. The summed E-state index contributed by atoms with van der Waals surface area (Å²) in [5, 5.41) is 25.7. The molecule has 4 heteroatoms. The van der Waals surface area contributed by atoms with Crippen LogP contribution in [-0.2, 0) is 20.7 Å². The summed E-state index contributed by atoms with van der Waals surface area (Å²) in [7, 11) is 0. The van der Waals surface area contributed by atoms with Crippen molar-refractivity contribution in [1.29, 1.82) is 0 Å². The highest BCUT2D eigenvalue weighted by Crippen LogP contribution is 2.50. The molecule has 0 spiro atoms. The third-order valence-corrected chi connectivity index (χ3v) is 7.57. The Morgan fingerprint density at radius 2 is 0.641 bits per heavy atom. The number of hydrogen-bond donors (Lipinski definition) is 2. The third kappa shape index (κ3) is 4.48. The Labute approximate surface area is 228 Å². The molecule has 0 aromatic heterocycles. The molecule has 194 valence electrons. The number of aliphatic hydroxyl groups is 2. The van der Waals surface area contributed by atoms with E-state index in [0.717, 1.165) is 5.56 Å². The Hall–Kier alpha value is -4.06. The molecule has 1 fully saturated rings. The normalized spacial score (nSPS) is 18.2. The van der Waals surface area contributed by atoms with Crippen LogP contribution in [0.4, 0.5) is 0 Å². The lowest BCUT2D eigenvalue weighted by molar-refractivity contribution is -0.110. The van der Waals surface area contributed by atoms with E-state index >= 15 is 0 Å². The van der Waals surface area contributed by atoms with Gasteiger partial charge in [-0.25, -0.2) is 0 Å². The van der Waals surface area contributed by atoms with Crippen LogP contribution in [0.15, 0.2) is 152 Å². The molecule has 0 unspecified atom stereocenters. The molecule has 5 aromatic rings. The number of ether oxygens (including phenoxy) is 2. The average Bonchev–Trinajstić information content (AvgIpc) is 3.49. The van der Waals surface area contributed by atoms with E-state index < -0.39 is 29.7 Å². The predicted molar refractivity (Wildman–Crippen MR) is 151 cm³/mol. The zero-order valence-corrected chi connectivity index (χ0v) is 21.4. The molecule has 1 aliphatic heterocycles. The molecule has 39 heavy (non-hydrogen) atoms. The van der Waals surface area contributed by atoms with E-state index in [1.54, 1.807) is 0 Å². The molecule has 0 aliphatic carbocycles. The molecule has 6 rings (SSSR count). The molecule has 0 saturated carbocycles. The van der Waals surface area contributed by atoms with Crippen LogP contribution in [0.1, 0.15) is 34.1 Å². The fourth-order valence-electron chi connectivity index (χ4n) is 5.60. The van der Waals surface area contributed by atoms with Gasteiger partial charge >= 0.3 is 0 Å². The summed E-state index contributed by atoms with van der Waals surface area (Å²) in [5.74, 6) is 0. The highest BCUT2D eigenvalue weighted by molar-refractivity contribution is 5.43. The maximum absolute atomic E-state index is 12.8. The van der Waals surface area contributed by atoms with Crippen molar-refractivity contribution in [3.63, 3.8) is 0 Å². The van der Waals surface area contributed by atoms with Gasteiger partial charge in [-0.2, -0.15) is 0 Å². The lowest BCUT2D eigenvalue weighted by Gasteiger charge is -2.42. The number of rotatable bonds is 7. The van der Waals surface area contributed by atoms with E-state index in [4.69, 9.17) is 9.47 Å². The molecule has 0 bridgehead atoms.